The second-order valence-corrected chi connectivity index (χ2v) is 7.41. The highest BCUT2D eigenvalue weighted by Crippen LogP contribution is 2.60. The first kappa shape index (κ1) is 15.7. The van der Waals surface area contributed by atoms with Gasteiger partial charge in [-0.3, -0.25) is 9.48 Å². The van der Waals surface area contributed by atoms with Gasteiger partial charge in [-0.1, -0.05) is 35.3 Å². The number of aromatic nitrogens is 2. The highest BCUT2D eigenvalue weighted by atomic mass is 35.5. The van der Waals surface area contributed by atoms with Crippen LogP contribution < -0.4 is 5.32 Å². The standard InChI is InChI=1S/C18H17Cl2N3O/c1-9-13(8-23(2)22-9)18(24)21-14-5-3-4-10-11-6-7-12(15(10)14)16(11)17(19)20/h3-5,8,11-12H,6-7H2,1-2H3,(H,21,24)/t11-,12+/m0/s1. The molecule has 0 spiro atoms. The Morgan fingerprint density at radius 3 is 2.71 bits per heavy atom. The minimum absolute atomic E-state index is 0.140. The van der Waals surface area contributed by atoms with Crippen molar-refractivity contribution >= 4 is 34.8 Å². The fourth-order valence-electron chi connectivity index (χ4n) is 4.17. The molecule has 1 saturated carbocycles. The van der Waals surface area contributed by atoms with Gasteiger partial charge in [-0.15, -0.1) is 0 Å². The van der Waals surface area contributed by atoms with Gasteiger partial charge in [0, 0.05) is 30.8 Å². The lowest BCUT2D eigenvalue weighted by atomic mass is 9.90. The molecule has 2 bridgehead atoms. The van der Waals surface area contributed by atoms with Crippen molar-refractivity contribution in [3.63, 3.8) is 0 Å². The lowest BCUT2D eigenvalue weighted by Crippen LogP contribution is -2.15. The minimum atomic E-state index is -0.140. The zero-order valence-corrected chi connectivity index (χ0v) is 14.9. The fraction of sp³-hybridized carbons (Fsp3) is 0.333. The van der Waals surface area contributed by atoms with E-state index < -0.39 is 0 Å². The van der Waals surface area contributed by atoms with Crippen molar-refractivity contribution in [1.29, 1.82) is 0 Å². The number of carbonyl (C=O) groups excluding carboxylic acids is 1. The van der Waals surface area contributed by atoms with Crippen molar-refractivity contribution in [1.82, 2.24) is 9.78 Å². The maximum atomic E-state index is 12.6. The van der Waals surface area contributed by atoms with E-state index in [0.29, 0.717) is 15.7 Å². The van der Waals surface area contributed by atoms with Crippen LogP contribution in [0.5, 0.6) is 0 Å². The summed E-state index contributed by atoms with van der Waals surface area (Å²) in [4.78, 5) is 12.6. The number of aryl methyl sites for hydroxylation is 2. The van der Waals surface area contributed by atoms with Crippen molar-refractivity contribution < 1.29 is 4.79 Å². The second kappa shape index (κ2) is 5.64. The molecule has 1 N–H and O–H groups in total. The van der Waals surface area contributed by atoms with E-state index in [1.54, 1.807) is 10.9 Å². The third-order valence-electron chi connectivity index (χ3n) is 5.08. The Kier molecular flexibility index (Phi) is 3.70. The summed E-state index contributed by atoms with van der Waals surface area (Å²) in [6, 6.07) is 6.04. The first-order chi connectivity index (χ1) is 11.5. The highest BCUT2D eigenvalue weighted by Gasteiger charge is 2.44. The lowest BCUT2D eigenvalue weighted by molar-refractivity contribution is 0.102. The molecule has 2 aromatic rings. The number of allylic oxidation sites excluding steroid dienone is 1. The van der Waals surface area contributed by atoms with Crippen LogP contribution in [-0.2, 0) is 7.05 Å². The molecule has 124 valence electrons. The summed E-state index contributed by atoms with van der Waals surface area (Å²) in [5.74, 6) is 0.354. The van der Waals surface area contributed by atoms with E-state index >= 15 is 0 Å². The number of fused-ring (bicyclic) bond motifs is 5. The summed E-state index contributed by atoms with van der Waals surface area (Å²) < 4.78 is 2.02. The van der Waals surface area contributed by atoms with Crippen LogP contribution in [0.3, 0.4) is 0 Å². The molecule has 2 aliphatic rings. The summed E-state index contributed by atoms with van der Waals surface area (Å²) in [5.41, 5.74) is 5.66. The van der Waals surface area contributed by atoms with E-state index in [0.717, 1.165) is 29.7 Å². The molecule has 0 saturated heterocycles. The van der Waals surface area contributed by atoms with Crippen molar-refractivity contribution in [2.24, 2.45) is 7.05 Å². The average Bonchev–Trinajstić information content (AvgIpc) is 3.19. The van der Waals surface area contributed by atoms with Crippen LogP contribution in [0.4, 0.5) is 5.69 Å². The smallest absolute Gasteiger partial charge is 0.259 e. The van der Waals surface area contributed by atoms with Crippen molar-refractivity contribution in [3.8, 4) is 0 Å². The SMILES string of the molecule is Cc1nn(C)cc1C(=O)Nc1cccc2c1[C@H]1CC[C@@H]2C1=C(Cl)Cl. The fourth-order valence-corrected chi connectivity index (χ4v) is 4.70. The number of anilines is 1. The van der Waals surface area contributed by atoms with Gasteiger partial charge in [0.15, 0.2) is 0 Å². The summed E-state index contributed by atoms with van der Waals surface area (Å²) >= 11 is 12.3. The van der Waals surface area contributed by atoms with Crippen LogP contribution >= 0.6 is 23.2 Å². The van der Waals surface area contributed by atoms with Gasteiger partial charge in [0.2, 0.25) is 0 Å². The molecular formula is C18H17Cl2N3O. The Morgan fingerprint density at radius 2 is 2.04 bits per heavy atom. The normalized spacial score (nSPS) is 21.1. The molecule has 1 fully saturated rings. The summed E-state index contributed by atoms with van der Waals surface area (Å²) in [7, 11) is 1.81. The van der Waals surface area contributed by atoms with Crippen molar-refractivity contribution in [3.05, 3.63) is 56.8 Å². The van der Waals surface area contributed by atoms with Gasteiger partial charge in [0.1, 0.15) is 4.49 Å². The maximum absolute atomic E-state index is 12.6. The molecule has 4 rings (SSSR count). The van der Waals surface area contributed by atoms with Gasteiger partial charge in [-0.05, 0) is 42.5 Å². The number of hydrogen-bond donors (Lipinski definition) is 1. The highest BCUT2D eigenvalue weighted by molar-refractivity contribution is 6.56. The van der Waals surface area contributed by atoms with Crippen LogP contribution in [0.25, 0.3) is 0 Å². The van der Waals surface area contributed by atoms with Crippen molar-refractivity contribution in [2.45, 2.75) is 31.6 Å². The number of amides is 1. The first-order valence-electron chi connectivity index (χ1n) is 7.96. The summed E-state index contributed by atoms with van der Waals surface area (Å²) in [5, 5.41) is 7.29. The maximum Gasteiger partial charge on any atom is 0.259 e. The Labute approximate surface area is 150 Å². The number of carbonyl (C=O) groups is 1. The van der Waals surface area contributed by atoms with E-state index in [1.165, 1.54) is 5.56 Å². The predicted molar refractivity (Wildman–Crippen MR) is 95.8 cm³/mol. The Hall–Kier alpha value is -1.78. The molecule has 1 heterocycles. The van der Waals surface area contributed by atoms with Gasteiger partial charge in [0.05, 0.1) is 11.3 Å². The average molecular weight is 362 g/mol. The van der Waals surface area contributed by atoms with E-state index in [4.69, 9.17) is 23.2 Å². The number of nitrogens with zero attached hydrogens (tertiary/aromatic N) is 2. The zero-order chi connectivity index (χ0) is 17.0. The monoisotopic (exact) mass is 361 g/mol. The van der Waals surface area contributed by atoms with Crippen LogP contribution in [0.1, 0.15) is 51.9 Å². The molecule has 1 aromatic carbocycles. The Balaban J connectivity index is 1.72. The first-order valence-corrected chi connectivity index (χ1v) is 8.72. The molecule has 0 unspecified atom stereocenters. The van der Waals surface area contributed by atoms with Crippen LogP contribution in [0.15, 0.2) is 34.5 Å². The number of halogens is 2. The Bertz CT molecular complexity index is 880. The molecule has 4 nitrogen and oxygen atoms in total. The van der Waals surface area contributed by atoms with Gasteiger partial charge >= 0.3 is 0 Å². The molecule has 2 aliphatic carbocycles. The molecule has 0 radical (unpaired) electrons. The topological polar surface area (TPSA) is 46.9 Å². The van der Waals surface area contributed by atoms with Crippen molar-refractivity contribution in [2.75, 3.05) is 5.32 Å². The summed E-state index contributed by atoms with van der Waals surface area (Å²) in [6.45, 7) is 1.83. The number of benzene rings is 1. The molecule has 1 amide bonds. The van der Waals surface area contributed by atoms with E-state index in [2.05, 4.69) is 16.5 Å². The van der Waals surface area contributed by atoms with Crippen LogP contribution in [-0.4, -0.2) is 15.7 Å². The van der Waals surface area contributed by atoms with Gasteiger partial charge in [0.25, 0.3) is 5.91 Å². The quantitative estimate of drug-likeness (QED) is 0.846. The second-order valence-electron chi connectivity index (χ2n) is 6.46. The van der Waals surface area contributed by atoms with Gasteiger partial charge < -0.3 is 5.32 Å². The molecule has 2 atom stereocenters. The number of hydrogen-bond acceptors (Lipinski definition) is 2. The van der Waals surface area contributed by atoms with E-state index in [9.17, 15) is 4.79 Å². The van der Waals surface area contributed by atoms with Crippen LogP contribution in [0, 0.1) is 6.92 Å². The molecular weight excluding hydrogens is 345 g/mol. The largest absolute Gasteiger partial charge is 0.322 e. The third kappa shape index (κ3) is 2.28. The molecule has 6 heteroatoms. The summed E-state index contributed by atoms with van der Waals surface area (Å²) in [6.07, 6.45) is 3.82. The van der Waals surface area contributed by atoms with E-state index in [1.807, 2.05) is 26.1 Å². The third-order valence-corrected chi connectivity index (χ3v) is 5.52. The minimum Gasteiger partial charge on any atom is -0.322 e. The zero-order valence-electron chi connectivity index (χ0n) is 13.4. The van der Waals surface area contributed by atoms with Gasteiger partial charge in [-0.2, -0.15) is 5.10 Å². The van der Waals surface area contributed by atoms with E-state index in [-0.39, 0.29) is 17.7 Å². The molecule has 1 aromatic heterocycles. The number of rotatable bonds is 2. The predicted octanol–water partition coefficient (Wildman–Crippen LogP) is 4.64. The molecule has 24 heavy (non-hydrogen) atoms. The lowest BCUT2D eigenvalue weighted by Gasteiger charge is -2.18. The molecule has 0 aliphatic heterocycles. The van der Waals surface area contributed by atoms with Crippen LogP contribution in [0.2, 0.25) is 0 Å². The Morgan fingerprint density at radius 1 is 1.29 bits per heavy atom. The number of nitrogens with one attached hydrogen (secondary N) is 1. The van der Waals surface area contributed by atoms with Gasteiger partial charge in [-0.25, -0.2) is 0 Å².